The fourth-order valence-corrected chi connectivity index (χ4v) is 3.22. The summed E-state index contributed by atoms with van der Waals surface area (Å²) in [5.74, 6) is 1.20. The lowest BCUT2D eigenvalue weighted by atomic mass is 9.88. The van der Waals surface area contributed by atoms with Crippen LogP contribution in [0.2, 0.25) is 5.02 Å². The van der Waals surface area contributed by atoms with Crippen LogP contribution in [-0.2, 0) is 10.3 Å². The molecule has 0 aliphatic heterocycles. The molecule has 1 aromatic carbocycles. The fraction of sp³-hybridized carbons (Fsp3) is 0.562. The van der Waals surface area contributed by atoms with E-state index in [4.69, 9.17) is 21.1 Å². The van der Waals surface area contributed by atoms with Crippen molar-refractivity contribution in [1.29, 1.82) is 0 Å². The van der Waals surface area contributed by atoms with Crippen molar-refractivity contribution in [2.75, 3.05) is 7.11 Å². The molecule has 5 heteroatoms. The van der Waals surface area contributed by atoms with E-state index in [1.165, 1.54) is 0 Å². The minimum Gasteiger partial charge on any atom is -0.493 e. The predicted octanol–water partition coefficient (Wildman–Crippen LogP) is 3.99. The zero-order valence-corrected chi connectivity index (χ0v) is 12.8. The van der Waals surface area contributed by atoms with E-state index in [1.54, 1.807) is 13.2 Å². The molecule has 21 heavy (non-hydrogen) atoms. The highest BCUT2D eigenvalue weighted by atomic mass is 35.5. The number of hydrogen-bond donors (Lipinski definition) is 0. The van der Waals surface area contributed by atoms with Gasteiger partial charge in [0.1, 0.15) is 0 Å². The van der Waals surface area contributed by atoms with Gasteiger partial charge in [-0.15, -0.1) is 0 Å². The number of hydrogen-bond acceptors (Lipinski definition) is 4. The van der Waals surface area contributed by atoms with Gasteiger partial charge in [0.15, 0.2) is 11.5 Å². The molecule has 2 saturated carbocycles. The smallest absolute Gasteiger partial charge is 0.235 e. The van der Waals surface area contributed by atoms with Crippen molar-refractivity contribution >= 4 is 17.7 Å². The third-order valence-electron chi connectivity index (χ3n) is 4.27. The first-order chi connectivity index (χ1) is 10.2. The molecule has 3 rings (SSSR count). The van der Waals surface area contributed by atoms with E-state index in [0.29, 0.717) is 16.5 Å². The van der Waals surface area contributed by atoms with E-state index in [0.717, 1.165) is 44.1 Å². The summed E-state index contributed by atoms with van der Waals surface area (Å²) in [5.41, 5.74) is 0.407. The van der Waals surface area contributed by atoms with Crippen LogP contribution in [0.25, 0.3) is 0 Å². The third kappa shape index (κ3) is 2.78. The number of halogens is 1. The summed E-state index contributed by atoms with van der Waals surface area (Å²) in [7, 11) is 1.60. The number of aliphatic imine (C=N–C) groups is 1. The number of nitrogens with zero attached hydrogens (tertiary/aromatic N) is 1. The Morgan fingerprint density at radius 1 is 1.33 bits per heavy atom. The minimum absolute atomic E-state index is 0.246. The Kier molecular flexibility index (Phi) is 3.92. The van der Waals surface area contributed by atoms with Gasteiger partial charge in [-0.3, -0.25) is 0 Å². The number of methoxy groups -OCH3 is 1. The summed E-state index contributed by atoms with van der Waals surface area (Å²) in [6.07, 6.45) is 7.85. The van der Waals surface area contributed by atoms with Crippen molar-refractivity contribution in [2.45, 2.75) is 50.2 Å². The van der Waals surface area contributed by atoms with Gasteiger partial charge < -0.3 is 9.47 Å². The molecule has 0 bridgehead atoms. The maximum Gasteiger partial charge on any atom is 0.235 e. The van der Waals surface area contributed by atoms with Gasteiger partial charge >= 0.3 is 0 Å². The Morgan fingerprint density at radius 2 is 2.05 bits per heavy atom. The summed E-state index contributed by atoms with van der Waals surface area (Å²) in [5, 5.41) is 0.517. The Hall–Kier alpha value is -1.51. The minimum atomic E-state index is -0.503. The Labute approximate surface area is 129 Å². The molecule has 2 aliphatic rings. The fourth-order valence-electron chi connectivity index (χ4n) is 2.97. The van der Waals surface area contributed by atoms with Crippen molar-refractivity contribution in [1.82, 2.24) is 0 Å². The van der Waals surface area contributed by atoms with Crippen LogP contribution in [0.15, 0.2) is 17.1 Å². The molecule has 0 radical (unpaired) electrons. The molecule has 0 aromatic heterocycles. The van der Waals surface area contributed by atoms with E-state index in [9.17, 15) is 4.79 Å². The molecule has 0 amide bonds. The van der Waals surface area contributed by atoms with E-state index < -0.39 is 5.54 Å². The van der Waals surface area contributed by atoms with Gasteiger partial charge in [0.2, 0.25) is 6.08 Å². The van der Waals surface area contributed by atoms with E-state index in [2.05, 4.69) is 4.99 Å². The van der Waals surface area contributed by atoms with Gasteiger partial charge in [0, 0.05) is 0 Å². The molecule has 0 N–H and O–H groups in total. The topological polar surface area (TPSA) is 47.9 Å². The maximum absolute atomic E-state index is 10.8. The van der Waals surface area contributed by atoms with Crippen molar-refractivity contribution in [3.63, 3.8) is 0 Å². The lowest BCUT2D eigenvalue weighted by Crippen LogP contribution is -2.19. The largest absolute Gasteiger partial charge is 0.493 e. The quantitative estimate of drug-likeness (QED) is 0.610. The van der Waals surface area contributed by atoms with Gasteiger partial charge in [0.05, 0.1) is 23.8 Å². The molecule has 0 spiro atoms. The summed E-state index contributed by atoms with van der Waals surface area (Å²) in [6.45, 7) is 0. The first-order valence-electron chi connectivity index (χ1n) is 7.32. The van der Waals surface area contributed by atoms with Crippen LogP contribution in [0.1, 0.15) is 44.1 Å². The van der Waals surface area contributed by atoms with Gasteiger partial charge in [0.25, 0.3) is 0 Å². The molecule has 0 unspecified atom stereocenters. The molecular formula is C16H18ClNO3. The van der Waals surface area contributed by atoms with Crippen molar-refractivity contribution in [3.05, 3.63) is 22.7 Å². The summed E-state index contributed by atoms with van der Waals surface area (Å²) in [4.78, 5) is 14.9. The predicted molar refractivity (Wildman–Crippen MR) is 79.9 cm³/mol. The van der Waals surface area contributed by atoms with Crippen LogP contribution >= 0.6 is 11.6 Å². The van der Waals surface area contributed by atoms with E-state index >= 15 is 0 Å². The summed E-state index contributed by atoms with van der Waals surface area (Å²) in [6, 6.07) is 3.75. The number of carbonyl (C=O) groups excluding carboxylic acids is 1. The maximum atomic E-state index is 10.8. The third-order valence-corrected chi connectivity index (χ3v) is 4.55. The highest BCUT2D eigenvalue weighted by molar-refractivity contribution is 6.32. The Balaban J connectivity index is 2.02. The standard InChI is InChI=1S/C16H18ClNO3/c1-20-14-9-11(16(18-10-19)6-2-3-7-16)8-13(17)15(14)21-12-4-5-12/h8-9,12H,2-7H2,1H3. The van der Waals surface area contributed by atoms with Crippen molar-refractivity contribution in [2.24, 2.45) is 4.99 Å². The van der Waals surface area contributed by atoms with Gasteiger partial charge in [-0.05, 0) is 43.4 Å². The highest BCUT2D eigenvalue weighted by Gasteiger charge is 2.37. The Bertz CT molecular complexity index is 585. The van der Waals surface area contributed by atoms with Crippen molar-refractivity contribution in [3.8, 4) is 11.5 Å². The van der Waals surface area contributed by atoms with Crippen LogP contribution in [0, 0.1) is 0 Å². The number of ether oxygens (including phenoxy) is 2. The second-order valence-corrected chi connectivity index (χ2v) is 6.16. The van der Waals surface area contributed by atoms with E-state index in [1.807, 2.05) is 12.1 Å². The SMILES string of the molecule is COc1cc(C2(N=C=O)CCCC2)cc(Cl)c1OC1CC1. The van der Waals surface area contributed by atoms with Crippen LogP contribution in [0.4, 0.5) is 0 Å². The molecule has 1 aromatic rings. The Morgan fingerprint density at radius 3 is 2.62 bits per heavy atom. The zero-order valence-electron chi connectivity index (χ0n) is 12.0. The van der Waals surface area contributed by atoms with Crippen LogP contribution in [-0.4, -0.2) is 19.3 Å². The molecular weight excluding hydrogens is 290 g/mol. The van der Waals surface area contributed by atoms with Gasteiger partial charge in [-0.2, -0.15) is 4.99 Å². The number of benzene rings is 1. The molecule has 2 fully saturated rings. The lowest BCUT2D eigenvalue weighted by Gasteiger charge is -2.24. The molecule has 0 heterocycles. The molecule has 4 nitrogen and oxygen atoms in total. The first-order valence-corrected chi connectivity index (χ1v) is 7.70. The van der Waals surface area contributed by atoms with Crippen LogP contribution in [0.5, 0.6) is 11.5 Å². The van der Waals surface area contributed by atoms with Gasteiger partial charge in [-0.1, -0.05) is 24.4 Å². The molecule has 112 valence electrons. The normalized spacial score (nSPS) is 19.9. The first kappa shape index (κ1) is 14.4. The highest BCUT2D eigenvalue weighted by Crippen LogP contribution is 2.47. The van der Waals surface area contributed by atoms with Crippen LogP contribution in [0.3, 0.4) is 0 Å². The second kappa shape index (κ2) is 5.70. The monoisotopic (exact) mass is 307 g/mol. The summed E-state index contributed by atoms with van der Waals surface area (Å²) >= 11 is 6.38. The van der Waals surface area contributed by atoms with E-state index in [-0.39, 0.29) is 6.10 Å². The van der Waals surface area contributed by atoms with Crippen molar-refractivity contribution < 1.29 is 14.3 Å². The average Bonchev–Trinajstić information content (AvgIpc) is 3.17. The van der Waals surface area contributed by atoms with Gasteiger partial charge in [-0.25, -0.2) is 4.79 Å². The molecule has 0 atom stereocenters. The average molecular weight is 308 g/mol. The summed E-state index contributed by atoms with van der Waals surface area (Å²) < 4.78 is 11.3. The zero-order chi connectivity index (χ0) is 14.9. The number of rotatable bonds is 5. The lowest BCUT2D eigenvalue weighted by molar-refractivity contribution is 0.281. The number of isocyanates is 1. The second-order valence-electron chi connectivity index (χ2n) is 5.75. The molecule has 0 saturated heterocycles. The van der Waals surface area contributed by atoms with Crippen LogP contribution < -0.4 is 9.47 Å². The molecule has 2 aliphatic carbocycles.